The third kappa shape index (κ3) is 2.69. The molecule has 0 bridgehead atoms. The number of amides is 1. The fraction of sp³-hybridized carbons (Fsp3) is 0.722. The summed E-state index contributed by atoms with van der Waals surface area (Å²) in [6, 6.07) is 0. The van der Waals surface area contributed by atoms with Gasteiger partial charge in [0.15, 0.2) is 0 Å². The summed E-state index contributed by atoms with van der Waals surface area (Å²) in [5.41, 5.74) is 2.20. The van der Waals surface area contributed by atoms with Crippen LogP contribution in [0.4, 0.5) is 4.79 Å². The van der Waals surface area contributed by atoms with Crippen molar-refractivity contribution in [3.8, 4) is 0 Å². The van der Waals surface area contributed by atoms with Crippen LogP contribution in [0.25, 0.3) is 0 Å². The number of aliphatic hydroxyl groups is 1. The first-order valence-electron chi connectivity index (χ1n) is 8.37. The lowest BCUT2D eigenvalue weighted by molar-refractivity contribution is -0.00870. The van der Waals surface area contributed by atoms with Crippen LogP contribution in [0.5, 0.6) is 0 Å². The van der Waals surface area contributed by atoms with Crippen molar-refractivity contribution in [3.05, 3.63) is 23.3 Å². The number of rotatable bonds is 0. The molecule has 4 heteroatoms. The highest BCUT2D eigenvalue weighted by Crippen LogP contribution is 2.52. The summed E-state index contributed by atoms with van der Waals surface area (Å²) >= 11 is 0. The van der Waals surface area contributed by atoms with Gasteiger partial charge in [-0.1, -0.05) is 17.7 Å². The van der Waals surface area contributed by atoms with Crippen LogP contribution in [0.1, 0.15) is 52.9 Å². The van der Waals surface area contributed by atoms with Gasteiger partial charge in [-0.2, -0.15) is 0 Å². The van der Waals surface area contributed by atoms with E-state index in [9.17, 15) is 9.90 Å². The molecule has 2 aliphatic carbocycles. The highest BCUT2D eigenvalue weighted by Gasteiger charge is 2.49. The number of allylic oxidation sites excluding steroid dienone is 2. The molecule has 1 aliphatic heterocycles. The van der Waals surface area contributed by atoms with Crippen LogP contribution in [0.3, 0.4) is 0 Å². The Morgan fingerprint density at radius 2 is 2.05 bits per heavy atom. The van der Waals surface area contributed by atoms with E-state index < -0.39 is 5.60 Å². The van der Waals surface area contributed by atoms with Crippen molar-refractivity contribution >= 4 is 6.09 Å². The van der Waals surface area contributed by atoms with Crippen LogP contribution in [0, 0.1) is 5.41 Å². The largest absolute Gasteiger partial charge is 0.444 e. The highest BCUT2D eigenvalue weighted by molar-refractivity contribution is 5.68. The third-order valence-corrected chi connectivity index (χ3v) is 5.20. The van der Waals surface area contributed by atoms with E-state index in [-0.39, 0.29) is 17.6 Å². The molecular weight excluding hydrogens is 278 g/mol. The molecule has 4 nitrogen and oxygen atoms in total. The molecule has 0 aromatic rings. The van der Waals surface area contributed by atoms with E-state index >= 15 is 0 Å². The van der Waals surface area contributed by atoms with Crippen molar-refractivity contribution in [1.29, 1.82) is 0 Å². The number of likely N-dealkylation sites (tertiary alicyclic amines) is 1. The molecule has 1 fully saturated rings. The number of carbonyl (C=O) groups excluding carboxylic acids is 1. The predicted octanol–water partition coefficient (Wildman–Crippen LogP) is 3.41. The molecule has 1 N–H and O–H groups in total. The van der Waals surface area contributed by atoms with Crippen LogP contribution in [-0.4, -0.2) is 40.9 Å². The molecule has 0 aromatic carbocycles. The van der Waals surface area contributed by atoms with Gasteiger partial charge in [0.1, 0.15) is 5.60 Å². The minimum Gasteiger partial charge on any atom is -0.444 e. The van der Waals surface area contributed by atoms with Crippen molar-refractivity contribution in [2.45, 2.75) is 64.6 Å². The molecule has 1 unspecified atom stereocenters. The third-order valence-electron chi connectivity index (χ3n) is 5.20. The first-order valence-corrected chi connectivity index (χ1v) is 8.37. The summed E-state index contributed by atoms with van der Waals surface area (Å²) < 4.78 is 5.46. The predicted molar refractivity (Wildman–Crippen MR) is 85.5 cm³/mol. The van der Waals surface area contributed by atoms with Crippen molar-refractivity contribution in [2.75, 3.05) is 13.1 Å². The van der Waals surface area contributed by atoms with Gasteiger partial charge in [0.2, 0.25) is 0 Å². The van der Waals surface area contributed by atoms with Crippen LogP contribution in [0.2, 0.25) is 0 Å². The minimum absolute atomic E-state index is 0.134. The van der Waals surface area contributed by atoms with E-state index in [1.165, 1.54) is 11.1 Å². The van der Waals surface area contributed by atoms with Crippen molar-refractivity contribution in [2.24, 2.45) is 5.41 Å². The molecule has 1 amide bonds. The molecule has 122 valence electrons. The van der Waals surface area contributed by atoms with Crippen LogP contribution in [0.15, 0.2) is 23.3 Å². The average Bonchev–Trinajstić information content (AvgIpc) is 2.71. The monoisotopic (exact) mass is 305 g/mol. The summed E-state index contributed by atoms with van der Waals surface area (Å²) in [5.74, 6) is 0. The maximum absolute atomic E-state index is 12.2. The van der Waals surface area contributed by atoms with E-state index in [1.807, 2.05) is 20.8 Å². The number of piperidine rings is 1. The van der Waals surface area contributed by atoms with Gasteiger partial charge in [-0.25, -0.2) is 4.79 Å². The number of nitrogens with zero attached hydrogens (tertiary/aromatic N) is 1. The number of fused-ring (bicyclic) bond motifs is 1. The molecule has 0 radical (unpaired) electrons. The summed E-state index contributed by atoms with van der Waals surface area (Å²) in [6.45, 7) is 7.00. The SMILES string of the molecule is CC(C)(C)OC(=O)N1CCC2(CC1)C1=C(CCC=C1)CC2O. The quantitative estimate of drug-likeness (QED) is 0.746. The van der Waals surface area contributed by atoms with Gasteiger partial charge < -0.3 is 14.7 Å². The summed E-state index contributed by atoms with van der Waals surface area (Å²) in [7, 11) is 0. The number of carbonyl (C=O) groups is 1. The molecule has 0 aromatic heterocycles. The fourth-order valence-corrected chi connectivity index (χ4v) is 4.07. The Hall–Kier alpha value is -1.29. The zero-order valence-electron chi connectivity index (χ0n) is 13.9. The maximum Gasteiger partial charge on any atom is 0.410 e. The van der Waals surface area contributed by atoms with Crippen molar-refractivity contribution in [3.63, 3.8) is 0 Å². The lowest BCUT2D eigenvalue weighted by atomic mass is 9.70. The van der Waals surface area contributed by atoms with Gasteiger partial charge in [-0.15, -0.1) is 0 Å². The Labute approximate surface area is 132 Å². The molecule has 1 atom stereocenters. The zero-order chi connectivity index (χ0) is 16.0. The first-order chi connectivity index (χ1) is 10.3. The molecule has 0 saturated carbocycles. The summed E-state index contributed by atoms with van der Waals surface area (Å²) in [6.07, 6.45) is 8.56. The minimum atomic E-state index is -0.457. The highest BCUT2D eigenvalue weighted by atomic mass is 16.6. The van der Waals surface area contributed by atoms with E-state index in [4.69, 9.17) is 4.74 Å². The lowest BCUT2D eigenvalue weighted by Crippen LogP contribution is -2.48. The number of hydrogen-bond donors (Lipinski definition) is 1. The molecule has 3 rings (SSSR count). The van der Waals surface area contributed by atoms with Gasteiger partial charge in [0, 0.05) is 18.5 Å². The molecule has 22 heavy (non-hydrogen) atoms. The number of ether oxygens (including phenoxy) is 1. The molecular formula is C18H27NO3. The van der Waals surface area contributed by atoms with Gasteiger partial charge in [0.25, 0.3) is 0 Å². The Morgan fingerprint density at radius 1 is 1.36 bits per heavy atom. The average molecular weight is 305 g/mol. The Kier molecular flexibility index (Phi) is 3.84. The smallest absolute Gasteiger partial charge is 0.410 e. The molecule has 1 spiro atoms. The van der Waals surface area contributed by atoms with Gasteiger partial charge in [-0.3, -0.25) is 0 Å². The van der Waals surface area contributed by atoms with Gasteiger partial charge in [-0.05, 0) is 58.4 Å². The second-order valence-corrected chi connectivity index (χ2v) is 7.80. The van der Waals surface area contributed by atoms with Crippen molar-refractivity contribution < 1.29 is 14.6 Å². The van der Waals surface area contributed by atoms with E-state index in [1.54, 1.807) is 4.90 Å². The van der Waals surface area contributed by atoms with Crippen LogP contribution in [-0.2, 0) is 4.74 Å². The second kappa shape index (κ2) is 5.41. The molecule has 1 heterocycles. The van der Waals surface area contributed by atoms with E-state index in [2.05, 4.69) is 12.2 Å². The Morgan fingerprint density at radius 3 is 2.68 bits per heavy atom. The van der Waals surface area contributed by atoms with Crippen LogP contribution < -0.4 is 0 Å². The zero-order valence-corrected chi connectivity index (χ0v) is 13.9. The Bertz CT molecular complexity index is 519. The molecule has 1 saturated heterocycles. The maximum atomic E-state index is 12.2. The number of aliphatic hydroxyl groups excluding tert-OH is 1. The fourth-order valence-electron chi connectivity index (χ4n) is 4.07. The van der Waals surface area contributed by atoms with E-state index in [0.717, 1.165) is 32.1 Å². The summed E-state index contributed by atoms with van der Waals surface area (Å²) in [4.78, 5) is 14.0. The summed E-state index contributed by atoms with van der Waals surface area (Å²) in [5, 5.41) is 10.6. The standard InChI is InChI=1S/C18H27NO3/c1-17(2,3)22-16(21)19-10-8-18(9-11-19)14-7-5-4-6-13(14)12-15(18)20/h5,7,15,20H,4,6,8-12H2,1-3H3. The Balaban J connectivity index is 1.70. The van der Waals surface area contributed by atoms with E-state index in [0.29, 0.717) is 13.1 Å². The van der Waals surface area contributed by atoms with Crippen molar-refractivity contribution in [1.82, 2.24) is 4.90 Å². The normalized spacial score (nSPS) is 27.3. The number of hydrogen-bond acceptors (Lipinski definition) is 3. The lowest BCUT2D eigenvalue weighted by Gasteiger charge is -2.43. The van der Waals surface area contributed by atoms with Crippen LogP contribution >= 0.6 is 0 Å². The molecule has 3 aliphatic rings. The van der Waals surface area contributed by atoms with Gasteiger partial charge in [0.05, 0.1) is 6.10 Å². The first kappa shape index (κ1) is 15.6. The second-order valence-electron chi connectivity index (χ2n) is 7.80. The topological polar surface area (TPSA) is 49.8 Å². The van der Waals surface area contributed by atoms with Gasteiger partial charge >= 0.3 is 6.09 Å².